The molecule has 0 saturated heterocycles. The summed E-state index contributed by atoms with van der Waals surface area (Å²) in [4.78, 5) is 23.4. The van der Waals surface area contributed by atoms with E-state index in [-0.39, 0.29) is 12.3 Å². The number of aliphatic carboxylic acids is 1. The van der Waals surface area contributed by atoms with Crippen LogP contribution in [0.2, 0.25) is 0 Å². The predicted molar refractivity (Wildman–Crippen MR) is 68.2 cm³/mol. The summed E-state index contributed by atoms with van der Waals surface area (Å²) in [5, 5.41) is 9.43. The van der Waals surface area contributed by atoms with Gasteiger partial charge in [-0.25, -0.2) is 0 Å². The minimum absolute atomic E-state index is 0.0374. The molecule has 0 aromatic rings. The molecule has 1 N–H and O–H groups in total. The lowest BCUT2D eigenvalue weighted by atomic mass is 9.73. The van der Waals surface area contributed by atoms with E-state index in [1.807, 2.05) is 0 Å². The first-order valence-corrected chi connectivity index (χ1v) is 6.60. The van der Waals surface area contributed by atoms with Gasteiger partial charge in [0.1, 0.15) is 5.60 Å². The number of hydrogen-bond donors (Lipinski definition) is 1. The van der Waals surface area contributed by atoms with Crippen molar-refractivity contribution in [3.8, 4) is 0 Å². The lowest BCUT2D eigenvalue weighted by molar-refractivity contribution is -0.166. The van der Waals surface area contributed by atoms with E-state index in [1.54, 1.807) is 27.7 Å². The first-order chi connectivity index (χ1) is 8.15. The molecule has 18 heavy (non-hydrogen) atoms. The number of carbonyl (C=O) groups is 2. The van der Waals surface area contributed by atoms with E-state index in [0.29, 0.717) is 0 Å². The van der Waals surface area contributed by atoms with Crippen molar-refractivity contribution in [2.45, 2.75) is 65.4 Å². The highest BCUT2D eigenvalue weighted by Gasteiger charge is 2.45. The summed E-state index contributed by atoms with van der Waals surface area (Å²) in [7, 11) is 0. The topological polar surface area (TPSA) is 63.6 Å². The van der Waals surface area contributed by atoms with Crippen LogP contribution in [-0.4, -0.2) is 22.6 Å². The molecule has 0 amide bonds. The summed E-state index contributed by atoms with van der Waals surface area (Å²) in [6.45, 7) is 7.05. The largest absolute Gasteiger partial charge is 0.481 e. The summed E-state index contributed by atoms with van der Waals surface area (Å²) < 4.78 is 5.24. The molecule has 1 fully saturated rings. The Bertz CT molecular complexity index is 323. The fourth-order valence-corrected chi connectivity index (χ4v) is 2.63. The maximum atomic E-state index is 11.8. The number of carboxylic acid groups (broad SMARTS) is 1. The lowest BCUT2D eigenvalue weighted by Crippen LogP contribution is -2.38. The maximum absolute atomic E-state index is 11.8. The first kappa shape index (κ1) is 15.0. The van der Waals surface area contributed by atoms with Gasteiger partial charge in [-0.3, -0.25) is 9.59 Å². The molecule has 0 aromatic carbocycles. The number of rotatable bonds is 4. The van der Waals surface area contributed by atoms with Crippen LogP contribution in [0.4, 0.5) is 0 Å². The Labute approximate surface area is 109 Å². The summed E-state index contributed by atoms with van der Waals surface area (Å²) >= 11 is 0. The minimum atomic E-state index is -0.987. The molecule has 1 rings (SSSR count). The van der Waals surface area contributed by atoms with Crippen LogP contribution >= 0.6 is 0 Å². The van der Waals surface area contributed by atoms with E-state index in [9.17, 15) is 14.7 Å². The summed E-state index contributed by atoms with van der Waals surface area (Å²) in [5.74, 6) is -1.22. The van der Waals surface area contributed by atoms with Crippen LogP contribution in [0.15, 0.2) is 0 Å². The third kappa shape index (κ3) is 3.72. The van der Waals surface area contributed by atoms with Gasteiger partial charge in [-0.05, 0) is 46.5 Å². The molecule has 0 aliphatic heterocycles. The molecule has 1 aliphatic rings. The molecule has 1 atom stereocenters. The maximum Gasteiger partial charge on any atom is 0.310 e. The van der Waals surface area contributed by atoms with Crippen molar-refractivity contribution >= 4 is 11.9 Å². The molecule has 0 bridgehead atoms. The average Bonchev–Trinajstić information content (AvgIpc) is 2.66. The van der Waals surface area contributed by atoms with E-state index >= 15 is 0 Å². The molecular weight excluding hydrogens is 232 g/mol. The van der Waals surface area contributed by atoms with E-state index in [2.05, 4.69) is 0 Å². The number of carboxylic acids is 1. The van der Waals surface area contributed by atoms with Crippen LogP contribution in [0, 0.1) is 11.3 Å². The summed E-state index contributed by atoms with van der Waals surface area (Å²) in [6.07, 6.45) is 3.87. The van der Waals surface area contributed by atoms with Gasteiger partial charge in [-0.15, -0.1) is 0 Å². The summed E-state index contributed by atoms with van der Waals surface area (Å²) in [6, 6.07) is 0. The van der Waals surface area contributed by atoms with Gasteiger partial charge in [0, 0.05) is 0 Å². The van der Waals surface area contributed by atoms with E-state index in [0.717, 1.165) is 25.7 Å². The van der Waals surface area contributed by atoms with E-state index < -0.39 is 23.0 Å². The second-order valence-electron chi connectivity index (χ2n) is 6.47. The monoisotopic (exact) mass is 256 g/mol. The molecule has 4 nitrogen and oxygen atoms in total. The Morgan fingerprint density at radius 1 is 1.17 bits per heavy atom. The van der Waals surface area contributed by atoms with Gasteiger partial charge in [-0.1, -0.05) is 12.8 Å². The molecule has 0 radical (unpaired) electrons. The van der Waals surface area contributed by atoms with Gasteiger partial charge < -0.3 is 9.84 Å². The van der Waals surface area contributed by atoms with E-state index in [1.165, 1.54) is 0 Å². The predicted octanol–water partition coefficient (Wildman–Crippen LogP) is 3.00. The van der Waals surface area contributed by atoms with Crippen LogP contribution in [0.1, 0.15) is 59.8 Å². The quantitative estimate of drug-likeness (QED) is 0.785. The Kier molecular flexibility index (Phi) is 4.41. The first-order valence-electron chi connectivity index (χ1n) is 6.60. The third-order valence-corrected chi connectivity index (χ3v) is 3.68. The van der Waals surface area contributed by atoms with Crippen molar-refractivity contribution < 1.29 is 19.4 Å². The van der Waals surface area contributed by atoms with Crippen molar-refractivity contribution in [1.29, 1.82) is 0 Å². The molecule has 0 heterocycles. The molecule has 1 aliphatic carbocycles. The van der Waals surface area contributed by atoms with Crippen LogP contribution in [-0.2, 0) is 14.3 Å². The van der Waals surface area contributed by atoms with Gasteiger partial charge in [0.05, 0.1) is 11.8 Å². The van der Waals surface area contributed by atoms with Gasteiger partial charge in [0.2, 0.25) is 0 Å². The zero-order valence-corrected chi connectivity index (χ0v) is 11.8. The molecular formula is C14H24O4. The molecule has 104 valence electrons. The van der Waals surface area contributed by atoms with Crippen molar-refractivity contribution in [2.75, 3.05) is 0 Å². The minimum Gasteiger partial charge on any atom is -0.481 e. The zero-order valence-electron chi connectivity index (χ0n) is 11.8. The smallest absolute Gasteiger partial charge is 0.310 e. The second kappa shape index (κ2) is 5.29. The number of ether oxygens (including phenoxy) is 1. The summed E-state index contributed by atoms with van der Waals surface area (Å²) in [5.41, 5.74) is -1.55. The fourth-order valence-electron chi connectivity index (χ4n) is 2.63. The van der Waals surface area contributed by atoms with E-state index in [4.69, 9.17) is 4.74 Å². The Morgan fingerprint density at radius 3 is 2.06 bits per heavy atom. The van der Waals surface area contributed by atoms with Crippen molar-refractivity contribution in [3.63, 3.8) is 0 Å². The molecule has 0 aromatic heterocycles. The van der Waals surface area contributed by atoms with Crippen LogP contribution in [0.3, 0.4) is 0 Å². The number of carbonyl (C=O) groups excluding carboxylic acids is 1. The fraction of sp³-hybridized carbons (Fsp3) is 0.857. The highest BCUT2D eigenvalue weighted by Crippen LogP contribution is 2.42. The Hall–Kier alpha value is -1.06. The van der Waals surface area contributed by atoms with Crippen LogP contribution in [0.5, 0.6) is 0 Å². The van der Waals surface area contributed by atoms with Gasteiger partial charge in [-0.2, -0.15) is 0 Å². The van der Waals surface area contributed by atoms with Crippen molar-refractivity contribution in [2.24, 2.45) is 11.3 Å². The standard InChI is InChI=1S/C14H24O4/c1-13(2,3)18-11(15)9-14(4,12(16)17)10-7-5-6-8-10/h10H,5-9H2,1-4H3,(H,16,17)/t14-/m1/s1. The van der Waals surface area contributed by atoms with Crippen molar-refractivity contribution in [3.05, 3.63) is 0 Å². The zero-order chi connectivity index (χ0) is 14.0. The second-order valence-corrected chi connectivity index (χ2v) is 6.47. The molecule has 0 unspecified atom stereocenters. The van der Waals surface area contributed by atoms with Crippen LogP contribution in [0.25, 0.3) is 0 Å². The van der Waals surface area contributed by atoms with Gasteiger partial charge in [0.15, 0.2) is 0 Å². The lowest BCUT2D eigenvalue weighted by Gasteiger charge is -2.31. The Morgan fingerprint density at radius 2 is 1.67 bits per heavy atom. The van der Waals surface area contributed by atoms with Gasteiger partial charge >= 0.3 is 11.9 Å². The molecule has 0 spiro atoms. The number of hydrogen-bond acceptors (Lipinski definition) is 3. The SMILES string of the molecule is CC(C)(C)OC(=O)C[C@@](C)(C(=O)O)C1CCCC1. The highest BCUT2D eigenvalue weighted by atomic mass is 16.6. The molecule has 1 saturated carbocycles. The third-order valence-electron chi connectivity index (χ3n) is 3.68. The Balaban J connectivity index is 2.74. The highest BCUT2D eigenvalue weighted by molar-refractivity contribution is 5.82. The molecule has 4 heteroatoms. The normalized spacial score (nSPS) is 20.4. The average molecular weight is 256 g/mol. The van der Waals surface area contributed by atoms with Gasteiger partial charge in [0.25, 0.3) is 0 Å². The number of esters is 1. The van der Waals surface area contributed by atoms with Crippen molar-refractivity contribution in [1.82, 2.24) is 0 Å². The van der Waals surface area contributed by atoms with Crippen LogP contribution < -0.4 is 0 Å².